The topological polar surface area (TPSA) is 64.2 Å². The number of aliphatic imine (C=N–C) groups is 1. The molecule has 3 aromatic rings. The molecule has 2 heterocycles. The molecule has 6 heteroatoms. The molecule has 2 N–H and O–H groups in total. The minimum atomic E-state index is -1.01. The van der Waals surface area contributed by atoms with E-state index in [1.165, 1.54) is 6.07 Å². The Morgan fingerprint density at radius 2 is 1.81 bits per heavy atom. The average Bonchev–Trinajstić information content (AvgIpc) is 2.89. The molecule has 2 aromatic carbocycles. The van der Waals surface area contributed by atoms with E-state index in [2.05, 4.69) is 25.9 Å². The van der Waals surface area contributed by atoms with Gasteiger partial charge in [-0.3, -0.25) is 0 Å². The quantitative estimate of drug-likeness (QED) is 0.693. The van der Waals surface area contributed by atoms with Gasteiger partial charge >= 0.3 is 0 Å². The second-order valence-electron chi connectivity index (χ2n) is 6.32. The van der Waals surface area contributed by atoms with E-state index in [9.17, 15) is 4.39 Å². The van der Waals surface area contributed by atoms with Crippen molar-refractivity contribution in [3.63, 3.8) is 0 Å². The van der Waals surface area contributed by atoms with Crippen LogP contribution in [-0.4, -0.2) is 15.8 Å². The minimum Gasteiger partial charge on any atom is -0.383 e. The molecule has 0 bridgehead atoms. The zero-order chi connectivity index (χ0) is 18.5. The lowest BCUT2D eigenvalue weighted by Gasteiger charge is -2.28. The van der Waals surface area contributed by atoms with Gasteiger partial charge in [0, 0.05) is 15.7 Å². The van der Waals surface area contributed by atoms with Crippen LogP contribution in [0.15, 0.2) is 58.0 Å². The SMILES string of the molecule is Cc1cc(C2(c3cccc(Br)c3)N=C(N)c3c(F)cccc32)nc(C)n1. The van der Waals surface area contributed by atoms with Gasteiger partial charge in [-0.15, -0.1) is 0 Å². The highest BCUT2D eigenvalue weighted by atomic mass is 79.9. The van der Waals surface area contributed by atoms with Crippen LogP contribution in [0.4, 0.5) is 4.39 Å². The lowest BCUT2D eigenvalue weighted by molar-refractivity contribution is 0.608. The molecule has 0 saturated heterocycles. The van der Waals surface area contributed by atoms with Crippen molar-refractivity contribution in [3.8, 4) is 0 Å². The molecule has 26 heavy (non-hydrogen) atoms. The predicted molar refractivity (Wildman–Crippen MR) is 103 cm³/mol. The summed E-state index contributed by atoms with van der Waals surface area (Å²) in [5.41, 5.74) is 8.53. The molecule has 0 fully saturated rings. The number of hydrogen-bond donors (Lipinski definition) is 1. The van der Waals surface area contributed by atoms with Gasteiger partial charge in [0.2, 0.25) is 0 Å². The summed E-state index contributed by atoms with van der Waals surface area (Å²) in [4.78, 5) is 13.8. The number of hydrogen-bond acceptors (Lipinski definition) is 4. The second-order valence-corrected chi connectivity index (χ2v) is 7.24. The van der Waals surface area contributed by atoms with Crippen LogP contribution in [-0.2, 0) is 5.54 Å². The normalized spacial score (nSPS) is 18.5. The van der Waals surface area contributed by atoms with Crippen LogP contribution in [0.5, 0.6) is 0 Å². The summed E-state index contributed by atoms with van der Waals surface area (Å²) in [6.45, 7) is 3.74. The summed E-state index contributed by atoms with van der Waals surface area (Å²) in [5, 5.41) is 0. The van der Waals surface area contributed by atoms with Crippen LogP contribution >= 0.6 is 15.9 Å². The number of aryl methyl sites for hydroxylation is 2. The van der Waals surface area contributed by atoms with Crippen LogP contribution in [0.25, 0.3) is 0 Å². The third kappa shape index (κ3) is 2.44. The van der Waals surface area contributed by atoms with Crippen molar-refractivity contribution < 1.29 is 4.39 Å². The Hall–Kier alpha value is -2.60. The molecule has 0 spiro atoms. The van der Waals surface area contributed by atoms with E-state index in [1.807, 2.05) is 50.2 Å². The van der Waals surface area contributed by atoms with Gasteiger partial charge in [-0.05, 0) is 43.7 Å². The Morgan fingerprint density at radius 3 is 2.54 bits per heavy atom. The number of halogens is 2. The monoisotopic (exact) mass is 410 g/mol. The molecular formula is C20H16BrFN4. The lowest BCUT2D eigenvalue weighted by atomic mass is 9.80. The van der Waals surface area contributed by atoms with Crippen molar-refractivity contribution in [2.75, 3.05) is 0 Å². The van der Waals surface area contributed by atoms with E-state index in [4.69, 9.17) is 10.7 Å². The van der Waals surface area contributed by atoms with Gasteiger partial charge in [0.1, 0.15) is 17.5 Å². The summed E-state index contributed by atoms with van der Waals surface area (Å²) in [6, 6.07) is 14.6. The van der Waals surface area contributed by atoms with Crippen LogP contribution < -0.4 is 5.73 Å². The van der Waals surface area contributed by atoms with Crippen molar-refractivity contribution in [1.82, 2.24) is 9.97 Å². The first-order valence-electron chi connectivity index (χ1n) is 8.15. The summed E-state index contributed by atoms with van der Waals surface area (Å²) in [6.07, 6.45) is 0. The molecule has 1 aliphatic rings. The van der Waals surface area contributed by atoms with E-state index < -0.39 is 5.54 Å². The maximum absolute atomic E-state index is 14.6. The van der Waals surface area contributed by atoms with Gasteiger partial charge in [0.05, 0.1) is 11.3 Å². The lowest BCUT2D eigenvalue weighted by Crippen LogP contribution is -2.27. The van der Waals surface area contributed by atoms with E-state index in [1.54, 1.807) is 6.07 Å². The number of rotatable bonds is 2. The van der Waals surface area contributed by atoms with Crippen molar-refractivity contribution >= 4 is 21.8 Å². The van der Waals surface area contributed by atoms with Gasteiger partial charge in [0.25, 0.3) is 0 Å². The maximum atomic E-state index is 14.6. The number of nitrogens with zero attached hydrogens (tertiary/aromatic N) is 3. The molecule has 0 amide bonds. The van der Waals surface area contributed by atoms with Crippen molar-refractivity contribution in [2.24, 2.45) is 10.7 Å². The third-order valence-electron chi connectivity index (χ3n) is 4.53. The van der Waals surface area contributed by atoms with E-state index >= 15 is 0 Å². The number of benzene rings is 2. The van der Waals surface area contributed by atoms with E-state index in [0.29, 0.717) is 22.6 Å². The van der Waals surface area contributed by atoms with Gasteiger partial charge < -0.3 is 5.73 Å². The highest BCUT2D eigenvalue weighted by Crippen LogP contribution is 2.46. The first kappa shape index (κ1) is 16.8. The highest BCUT2D eigenvalue weighted by molar-refractivity contribution is 9.10. The van der Waals surface area contributed by atoms with Crippen molar-refractivity contribution in [3.05, 3.63) is 92.7 Å². The summed E-state index contributed by atoms with van der Waals surface area (Å²) in [7, 11) is 0. The fraction of sp³-hybridized carbons (Fsp3) is 0.150. The number of amidine groups is 1. The minimum absolute atomic E-state index is 0.173. The van der Waals surface area contributed by atoms with Crippen LogP contribution in [0.3, 0.4) is 0 Å². The average molecular weight is 411 g/mol. The molecule has 4 rings (SSSR count). The highest BCUT2D eigenvalue weighted by Gasteiger charge is 2.45. The van der Waals surface area contributed by atoms with Crippen LogP contribution in [0.2, 0.25) is 0 Å². The smallest absolute Gasteiger partial charge is 0.156 e. The molecule has 1 aromatic heterocycles. The Labute approximate surface area is 159 Å². The Morgan fingerprint density at radius 1 is 1.04 bits per heavy atom. The Bertz CT molecular complexity index is 1040. The summed E-state index contributed by atoms with van der Waals surface area (Å²) < 4.78 is 15.4. The number of fused-ring (bicyclic) bond motifs is 1. The Balaban J connectivity index is 2.13. The first-order chi connectivity index (χ1) is 12.4. The molecule has 0 aliphatic carbocycles. The van der Waals surface area contributed by atoms with Gasteiger partial charge in [-0.25, -0.2) is 19.4 Å². The molecule has 4 nitrogen and oxygen atoms in total. The summed E-state index contributed by atoms with van der Waals surface area (Å²) >= 11 is 3.52. The van der Waals surface area contributed by atoms with Crippen molar-refractivity contribution in [1.29, 1.82) is 0 Å². The number of nitrogens with two attached hydrogens (primary N) is 1. The Kier molecular flexibility index (Phi) is 3.88. The summed E-state index contributed by atoms with van der Waals surface area (Å²) in [5.74, 6) is 0.420. The molecule has 1 aliphatic heterocycles. The molecule has 130 valence electrons. The third-order valence-corrected chi connectivity index (χ3v) is 5.02. The molecule has 1 unspecified atom stereocenters. The molecular weight excluding hydrogens is 395 g/mol. The van der Waals surface area contributed by atoms with Gasteiger partial charge in [0.15, 0.2) is 5.54 Å². The fourth-order valence-corrected chi connectivity index (χ4v) is 3.96. The standard InChI is InChI=1S/C20H16BrFN4/c1-11-9-17(25-12(2)24-11)20(13-5-3-6-14(21)10-13)15-7-4-8-16(22)18(15)19(23)26-20/h3-10H,1-2H3,(H2,23,26). The second kappa shape index (κ2) is 5.99. The zero-order valence-electron chi connectivity index (χ0n) is 14.3. The van der Waals surface area contributed by atoms with Gasteiger partial charge in [-0.2, -0.15) is 0 Å². The van der Waals surface area contributed by atoms with E-state index in [0.717, 1.165) is 15.7 Å². The molecule has 1 atom stereocenters. The largest absolute Gasteiger partial charge is 0.383 e. The predicted octanol–water partition coefficient (Wildman–Crippen LogP) is 4.01. The maximum Gasteiger partial charge on any atom is 0.156 e. The fourth-order valence-electron chi connectivity index (χ4n) is 3.56. The van der Waals surface area contributed by atoms with Crippen LogP contribution in [0.1, 0.15) is 33.9 Å². The first-order valence-corrected chi connectivity index (χ1v) is 8.94. The molecule has 0 radical (unpaired) electrons. The van der Waals surface area contributed by atoms with Crippen LogP contribution in [0, 0.1) is 19.7 Å². The van der Waals surface area contributed by atoms with Crippen molar-refractivity contribution in [2.45, 2.75) is 19.4 Å². The number of aromatic nitrogens is 2. The molecule has 0 saturated carbocycles. The zero-order valence-corrected chi connectivity index (χ0v) is 15.9. The van der Waals surface area contributed by atoms with Gasteiger partial charge in [-0.1, -0.05) is 40.2 Å². The van der Waals surface area contributed by atoms with E-state index in [-0.39, 0.29) is 11.7 Å².